The van der Waals surface area contributed by atoms with Gasteiger partial charge in [0.2, 0.25) is 0 Å². The van der Waals surface area contributed by atoms with Crippen molar-refractivity contribution in [3.63, 3.8) is 0 Å². The van der Waals surface area contributed by atoms with Crippen LogP contribution >= 0.6 is 0 Å². The zero-order chi connectivity index (χ0) is 11.9. The van der Waals surface area contributed by atoms with Crippen LogP contribution in [0.1, 0.15) is 53.3 Å². The zero-order valence-corrected chi connectivity index (χ0v) is 10.3. The summed E-state index contributed by atoms with van der Waals surface area (Å²) in [4.78, 5) is 13.6. The van der Waals surface area contributed by atoms with Crippen molar-refractivity contribution in [2.24, 2.45) is 10.8 Å². The predicted octanol–water partition coefficient (Wildman–Crippen LogP) is 2.54. The zero-order valence-electron chi connectivity index (χ0n) is 10.3. The van der Waals surface area contributed by atoms with Gasteiger partial charge in [-0.15, -0.1) is 0 Å². The average Bonchev–Trinajstić information content (AvgIpc) is 2.28. The van der Waals surface area contributed by atoms with Crippen LogP contribution in [0.15, 0.2) is 9.32 Å². The molecule has 4 heteroatoms. The molecule has 1 heterocycles. The lowest BCUT2D eigenvalue weighted by atomic mass is 9.66. The first-order valence-corrected chi connectivity index (χ1v) is 5.18. The summed E-state index contributed by atoms with van der Waals surface area (Å²) in [6.07, 6.45) is 0. The van der Waals surface area contributed by atoms with E-state index >= 15 is 0 Å². The van der Waals surface area contributed by atoms with E-state index in [0.29, 0.717) is 5.82 Å². The van der Waals surface area contributed by atoms with Crippen molar-refractivity contribution in [3.8, 4) is 0 Å². The Morgan fingerprint density at radius 3 is 1.87 bits per heavy atom. The highest BCUT2D eigenvalue weighted by atomic mass is 16.5. The summed E-state index contributed by atoms with van der Waals surface area (Å²) in [6.45, 7) is 12.8. The Kier molecular flexibility index (Phi) is 2.81. The van der Waals surface area contributed by atoms with Gasteiger partial charge >= 0.3 is 5.76 Å². The topological polar surface area (TPSA) is 58.9 Å². The summed E-state index contributed by atoms with van der Waals surface area (Å²) in [5.74, 6) is 0.306. The van der Waals surface area contributed by atoms with Gasteiger partial charge in [-0.05, 0) is 10.8 Å². The van der Waals surface area contributed by atoms with E-state index in [2.05, 4.69) is 56.2 Å². The Bertz CT molecular complexity index is 362. The minimum atomic E-state index is -0.483. The summed E-state index contributed by atoms with van der Waals surface area (Å²) in [6, 6.07) is 0. The van der Waals surface area contributed by atoms with E-state index in [4.69, 9.17) is 0 Å². The SMILES string of the molecule is CC(C)(C)C(c1noc(=O)[nH]1)C(C)(C)C. The van der Waals surface area contributed by atoms with Crippen LogP contribution < -0.4 is 5.76 Å². The maximum Gasteiger partial charge on any atom is 0.438 e. The van der Waals surface area contributed by atoms with Crippen LogP contribution in [0, 0.1) is 10.8 Å². The molecule has 4 nitrogen and oxygen atoms in total. The van der Waals surface area contributed by atoms with Gasteiger partial charge in [0.1, 0.15) is 0 Å². The van der Waals surface area contributed by atoms with Crippen molar-refractivity contribution in [1.29, 1.82) is 0 Å². The molecule has 0 aliphatic rings. The van der Waals surface area contributed by atoms with Gasteiger partial charge in [-0.2, -0.15) is 0 Å². The highest BCUT2D eigenvalue weighted by Gasteiger charge is 2.38. The minimum absolute atomic E-state index is 0.0259. The van der Waals surface area contributed by atoms with Crippen LogP contribution in [0.4, 0.5) is 0 Å². The molecule has 1 N–H and O–H groups in total. The van der Waals surface area contributed by atoms with Gasteiger partial charge in [-0.1, -0.05) is 46.7 Å². The second-order valence-electron chi connectivity index (χ2n) is 6.15. The van der Waals surface area contributed by atoms with Gasteiger partial charge in [-0.25, -0.2) is 4.79 Å². The lowest BCUT2D eigenvalue weighted by Gasteiger charge is -2.38. The van der Waals surface area contributed by atoms with Crippen LogP contribution in [0.2, 0.25) is 0 Å². The van der Waals surface area contributed by atoms with E-state index in [1.807, 2.05) is 0 Å². The molecule has 15 heavy (non-hydrogen) atoms. The molecule has 1 aromatic rings. The number of hydrogen-bond donors (Lipinski definition) is 1. The van der Waals surface area contributed by atoms with E-state index < -0.39 is 5.76 Å². The highest BCUT2D eigenvalue weighted by molar-refractivity contribution is 5.04. The first kappa shape index (κ1) is 12.0. The molecule has 0 spiro atoms. The molecule has 0 atom stereocenters. The Balaban J connectivity index is 3.19. The first-order valence-electron chi connectivity index (χ1n) is 5.18. The minimum Gasteiger partial charge on any atom is -0.296 e. The summed E-state index contributed by atoms with van der Waals surface area (Å²) >= 11 is 0. The van der Waals surface area contributed by atoms with E-state index in [9.17, 15) is 4.79 Å². The van der Waals surface area contributed by atoms with Crippen molar-refractivity contribution < 1.29 is 4.52 Å². The van der Waals surface area contributed by atoms with Crippen molar-refractivity contribution >= 4 is 0 Å². The smallest absolute Gasteiger partial charge is 0.296 e. The van der Waals surface area contributed by atoms with E-state index in [0.717, 1.165) is 0 Å². The summed E-state index contributed by atoms with van der Waals surface area (Å²) in [7, 11) is 0. The molecule has 0 saturated heterocycles. The Labute approximate surface area is 90.1 Å². The molecule has 0 amide bonds. The lowest BCUT2D eigenvalue weighted by molar-refractivity contribution is 0.164. The van der Waals surface area contributed by atoms with Crippen molar-refractivity contribution in [1.82, 2.24) is 10.1 Å². The van der Waals surface area contributed by atoms with Gasteiger partial charge in [0.15, 0.2) is 5.82 Å². The highest BCUT2D eigenvalue weighted by Crippen LogP contribution is 2.45. The number of aromatic nitrogens is 2. The second-order valence-corrected chi connectivity index (χ2v) is 6.15. The molecule has 0 aliphatic carbocycles. The third kappa shape index (κ3) is 2.70. The number of rotatable bonds is 1. The van der Waals surface area contributed by atoms with Crippen LogP contribution in [0.5, 0.6) is 0 Å². The normalized spacial score (nSPS) is 13.5. The molecule has 1 aromatic heterocycles. The molecule has 0 saturated carbocycles. The lowest BCUT2D eigenvalue weighted by Crippen LogP contribution is -2.31. The molecule has 0 unspecified atom stereocenters. The van der Waals surface area contributed by atoms with Gasteiger partial charge in [0.05, 0.1) is 0 Å². The summed E-state index contributed by atoms with van der Waals surface area (Å²) < 4.78 is 4.57. The number of H-pyrrole nitrogens is 1. The standard InChI is InChI=1S/C11H20N2O2/c1-10(2,3)7(11(4,5)6)8-12-9(14)15-13-8/h7H,1-6H3,(H,12,13,14). The summed E-state index contributed by atoms with van der Waals surface area (Å²) in [5, 5.41) is 3.81. The van der Waals surface area contributed by atoms with Crippen LogP contribution in [-0.4, -0.2) is 10.1 Å². The fourth-order valence-corrected chi connectivity index (χ4v) is 2.49. The third-order valence-electron chi connectivity index (χ3n) is 2.46. The van der Waals surface area contributed by atoms with Crippen LogP contribution in [0.3, 0.4) is 0 Å². The van der Waals surface area contributed by atoms with E-state index in [-0.39, 0.29) is 16.7 Å². The molecule has 0 aromatic carbocycles. The Morgan fingerprint density at radius 1 is 1.13 bits per heavy atom. The van der Waals surface area contributed by atoms with E-state index in [1.165, 1.54) is 0 Å². The second kappa shape index (κ2) is 3.51. The van der Waals surface area contributed by atoms with Gasteiger partial charge in [0, 0.05) is 5.92 Å². The predicted molar refractivity (Wildman–Crippen MR) is 58.8 cm³/mol. The van der Waals surface area contributed by atoms with Gasteiger partial charge in [-0.3, -0.25) is 9.51 Å². The molecule has 0 fully saturated rings. The number of hydrogen-bond acceptors (Lipinski definition) is 3. The molecular formula is C11H20N2O2. The molecule has 0 bridgehead atoms. The fraction of sp³-hybridized carbons (Fsp3) is 0.818. The number of nitrogens with zero attached hydrogens (tertiary/aromatic N) is 1. The maximum absolute atomic E-state index is 11.0. The first-order chi connectivity index (χ1) is 6.62. The van der Waals surface area contributed by atoms with Crippen LogP contribution in [0.25, 0.3) is 0 Å². The molecule has 0 aliphatic heterocycles. The summed E-state index contributed by atoms with van der Waals surface area (Å²) in [5.41, 5.74) is 0.0517. The maximum atomic E-state index is 11.0. The quantitative estimate of drug-likeness (QED) is 0.778. The largest absolute Gasteiger partial charge is 0.438 e. The molecule has 1 rings (SSSR count). The van der Waals surface area contributed by atoms with Crippen LogP contribution in [-0.2, 0) is 0 Å². The monoisotopic (exact) mass is 212 g/mol. The van der Waals surface area contributed by atoms with Crippen molar-refractivity contribution in [2.75, 3.05) is 0 Å². The Morgan fingerprint density at radius 2 is 1.60 bits per heavy atom. The number of nitrogens with one attached hydrogen (secondary N) is 1. The average molecular weight is 212 g/mol. The Hall–Kier alpha value is -1.06. The van der Waals surface area contributed by atoms with E-state index in [1.54, 1.807) is 0 Å². The molecule has 0 radical (unpaired) electrons. The van der Waals surface area contributed by atoms with Crippen molar-refractivity contribution in [2.45, 2.75) is 47.5 Å². The third-order valence-corrected chi connectivity index (χ3v) is 2.46. The van der Waals surface area contributed by atoms with Crippen molar-refractivity contribution in [3.05, 3.63) is 16.4 Å². The fourth-order valence-electron chi connectivity index (χ4n) is 2.49. The molecular weight excluding hydrogens is 192 g/mol. The number of aromatic amines is 1. The molecule has 86 valence electrons. The van der Waals surface area contributed by atoms with Gasteiger partial charge < -0.3 is 0 Å². The van der Waals surface area contributed by atoms with Gasteiger partial charge in [0.25, 0.3) is 0 Å².